The first-order valence-corrected chi connectivity index (χ1v) is 9.61. The molecule has 0 radical (unpaired) electrons. The molecule has 0 aromatic heterocycles. The number of amides is 2. The van der Waals surface area contributed by atoms with E-state index in [0.29, 0.717) is 6.42 Å². The maximum Gasteiger partial charge on any atom is 0.255 e. The molecule has 136 valence electrons. The summed E-state index contributed by atoms with van der Waals surface area (Å²) in [4.78, 5) is 28.8. The lowest BCUT2D eigenvalue weighted by atomic mass is 10.0. The van der Waals surface area contributed by atoms with E-state index in [2.05, 4.69) is 16.3 Å². The number of rotatable bonds is 4. The van der Waals surface area contributed by atoms with Crippen LogP contribution in [0.25, 0.3) is 0 Å². The zero-order valence-corrected chi connectivity index (χ0v) is 15.2. The number of hydrogen-bond acceptors (Lipinski definition) is 3. The summed E-state index contributed by atoms with van der Waals surface area (Å²) in [5.74, 6) is 0.288. The third kappa shape index (κ3) is 4.33. The molecular formula is C20H29N3O2. The van der Waals surface area contributed by atoms with E-state index in [4.69, 9.17) is 0 Å². The van der Waals surface area contributed by atoms with Gasteiger partial charge in [0.1, 0.15) is 0 Å². The van der Waals surface area contributed by atoms with Crippen LogP contribution in [0, 0.1) is 0 Å². The Labute approximate surface area is 150 Å². The van der Waals surface area contributed by atoms with Gasteiger partial charge in [-0.25, -0.2) is 0 Å². The molecule has 1 aromatic rings. The molecule has 3 rings (SSSR count). The Morgan fingerprint density at radius 2 is 1.72 bits per heavy atom. The Morgan fingerprint density at radius 1 is 1.04 bits per heavy atom. The molecule has 2 amide bonds. The van der Waals surface area contributed by atoms with Gasteiger partial charge in [-0.2, -0.15) is 0 Å². The summed E-state index contributed by atoms with van der Waals surface area (Å²) in [5.41, 5.74) is 1.86. The molecule has 2 aliphatic rings. The first-order valence-electron chi connectivity index (χ1n) is 9.61. The number of hydrogen-bond donors (Lipinski definition) is 1. The topological polar surface area (TPSA) is 52.7 Å². The number of nitrogens with zero attached hydrogens (tertiary/aromatic N) is 2. The fraction of sp³-hybridized carbons (Fsp3) is 0.600. The summed E-state index contributed by atoms with van der Waals surface area (Å²) in [6.45, 7) is 5.38. The summed E-state index contributed by atoms with van der Waals surface area (Å²) in [6.07, 6.45) is 5.83. The van der Waals surface area contributed by atoms with Gasteiger partial charge in [0.15, 0.2) is 0 Å². The van der Waals surface area contributed by atoms with Crippen molar-refractivity contribution < 1.29 is 9.59 Å². The number of anilines is 1. The Bertz CT molecular complexity index is 603. The number of carbonyl (C=O) groups is 2. The van der Waals surface area contributed by atoms with Gasteiger partial charge in [0.2, 0.25) is 5.91 Å². The van der Waals surface area contributed by atoms with E-state index in [0.717, 1.165) is 63.1 Å². The predicted molar refractivity (Wildman–Crippen MR) is 99.9 cm³/mol. The normalized spacial score (nSPS) is 18.9. The fourth-order valence-electron chi connectivity index (χ4n) is 3.79. The molecular weight excluding hydrogens is 314 g/mol. The summed E-state index contributed by atoms with van der Waals surface area (Å²) in [5, 5.41) is 3.09. The molecule has 0 spiro atoms. The first-order chi connectivity index (χ1) is 12.2. The number of benzene rings is 1. The quantitative estimate of drug-likeness (QED) is 0.915. The molecule has 0 bridgehead atoms. The van der Waals surface area contributed by atoms with Gasteiger partial charge in [0.05, 0.1) is 5.56 Å². The molecule has 0 unspecified atom stereocenters. The fourth-order valence-corrected chi connectivity index (χ4v) is 3.79. The van der Waals surface area contributed by atoms with Crippen LogP contribution in [0.3, 0.4) is 0 Å². The van der Waals surface area contributed by atoms with Crippen molar-refractivity contribution in [3.63, 3.8) is 0 Å². The maximum atomic E-state index is 13.0. The highest BCUT2D eigenvalue weighted by Gasteiger charge is 2.25. The average molecular weight is 343 g/mol. The molecule has 0 atom stereocenters. The van der Waals surface area contributed by atoms with Gasteiger partial charge in [0, 0.05) is 44.3 Å². The molecule has 0 aliphatic carbocycles. The van der Waals surface area contributed by atoms with Crippen molar-refractivity contribution in [3.05, 3.63) is 29.8 Å². The minimum Gasteiger partial charge on any atom is -0.371 e. The van der Waals surface area contributed by atoms with E-state index in [1.165, 1.54) is 6.42 Å². The largest absolute Gasteiger partial charge is 0.371 e. The summed E-state index contributed by atoms with van der Waals surface area (Å²) in [6, 6.07) is 8.23. The van der Waals surface area contributed by atoms with Crippen LogP contribution in [0.15, 0.2) is 24.3 Å². The van der Waals surface area contributed by atoms with Crippen LogP contribution in [-0.4, -0.2) is 48.9 Å². The van der Waals surface area contributed by atoms with Crippen LogP contribution < -0.4 is 10.2 Å². The Kier molecular flexibility index (Phi) is 5.95. The molecule has 5 heteroatoms. The summed E-state index contributed by atoms with van der Waals surface area (Å²) in [7, 11) is 0. The third-order valence-corrected chi connectivity index (χ3v) is 5.30. The van der Waals surface area contributed by atoms with Gasteiger partial charge in [-0.1, -0.05) is 19.1 Å². The number of likely N-dealkylation sites (tertiary alicyclic amines) is 1. The van der Waals surface area contributed by atoms with Crippen molar-refractivity contribution >= 4 is 17.5 Å². The lowest BCUT2D eigenvalue weighted by molar-refractivity contribution is -0.121. The molecule has 2 heterocycles. The van der Waals surface area contributed by atoms with Gasteiger partial charge in [-0.15, -0.1) is 0 Å². The molecule has 0 saturated carbocycles. The number of piperidine rings is 2. The predicted octanol–water partition coefficient (Wildman–Crippen LogP) is 2.81. The van der Waals surface area contributed by atoms with Gasteiger partial charge < -0.3 is 15.1 Å². The molecule has 2 saturated heterocycles. The van der Waals surface area contributed by atoms with Crippen molar-refractivity contribution in [1.29, 1.82) is 0 Å². The van der Waals surface area contributed by atoms with E-state index < -0.39 is 0 Å². The maximum absolute atomic E-state index is 13.0. The number of carbonyl (C=O) groups excluding carboxylic acids is 2. The van der Waals surface area contributed by atoms with Gasteiger partial charge in [-0.3, -0.25) is 9.59 Å². The van der Waals surface area contributed by atoms with Crippen LogP contribution in [-0.2, 0) is 4.79 Å². The summed E-state index contributed by atoms with van der Waals surface area (Å²) >= 11 is 0. The van der Waals surface area contributed by atoms with E-state index in [9.17, 15) is 9.59 Å². The first kappa shape index (κ1) is 17.8. The van der Waals surface area contributed by atoms with Crippen LogP contribution in [0.5, 0.6) is 0 Å². The van der Waals surface area contributed by atoms with Crippen LogP contribution in [0.4, 0.5) is 5.69 Å². The minimum atomic E-state index is 0.124. The lowest BCUT2D eigenvalue weighted by Crippen LogP contribution is -2.45. The Balaban J connectivity index is 1.67. The number of para-hydroxylation sites is 1. The highest BCUT2D eigenvalue weighted by atomic mass is 16.2. The van der Waals surface area contributed by atoms with Crippen molar-refractivity contribution in [1.82, 2.24) is 10.2 Å². The molecule has 25 heavy (non-hydrogen) atoms. The van der Waals surface area contributed by atoms with Crippen molar-refractivity contribution in [2.45, 2.75) is 51.5 Å². The second-order valence-corrected chi connectivity index (χ2v) is 7.05. The van der Waals surface area contributed by atoms with Crippen LogP contribution >= 0.6 is 0 Å². The molecule has 1 N–H and O–H groups in total. The van der Waals surface area contributed by atoms with Crippen LogP contribution in [0.2, 0.25) is 0 Å². The highest BCUT2D eigenvalue weighted by Crippen LogP contribution is 2.26. The lowest BCUT2D eigenvalue weighted by Gasteiger charge is -2.35. The van der Waals surface area contributed by atoms with E-state index in [1.54, 1.807) is 0 Å². The van der Waals surface area contributed by atoms with E-state index in [-0.39, 0.29) is 17.9 Å². The number of nitrogens with one attached hydrogen (secondary N) is 1. The van der Waals surface area contributed by atoms with Gasteiger partial charge >= 0.3 is 0 Å². The van der Waals surface area contributed by atoms with E-state index in [1.807, 2.05) is 30.0 Å². The minimum absolute atomic E-state index is 0.124. The van der Waals surface area contributed by atoms with Crippen molar-refractivity contribution in [2.75, 3.05) is 31.1 Å². The smallest absolute Gasteiger partial charge is 0.255 e. The van der Waals surface area contributed by atoms with Crippen LogP contribution in [0.1, 0.15) is 55.8 Å². The standard InChI is InChI=1S/C20H29N3O2/c1-2-19(24)21-16-10-14-22(15-11-16)18-9-5-4-8-17(18)20(25)23-12-6-3-7-13-23/h4-5,8-9,16H,2-3,6-7,10-15H2,1H3,(H,21,24). The van der Waals surface area contributed by atoms with E-state index >= 15 is 0 Å². The third-order valence-electron chi connectivity index (χ3n) is 5.30. The summed E-state index contributed by atoms with van der Waals surface area (Å²) < 4.78 is 0. The zero-order valence-electron chi connectivity index (χ0n) is 15.2. The SMILES string of the molecule is CCC(=O)NC1CCN(c2ccccc2C(=O)N2CCCCC2)CC1. The monoisotopic (exact) mass is 343 g/mol. The molecule has 1 aromatic carbocycles. The second-order valence-electron chi connectivity index (χ2n) is 7.05. The Hall–Kier alpha value is -2.04. The van der Waals surface area contributed by atoms with Crippen molar-refractivity contribution in [2.24, 2.45) is 0 Å². The molecule has 2 fully saturated rings. The van der Waals surface area contributed by atoms with Gasteiger partial charge in [0.25, 0.3) is 5.91 Å². The Morgan fingerprint density at radius 3 is 2.40 bits per heavy atom. The second kappa shape index (κ2) is 8.37. The average Bonchev–Trinajstić information content (AvgIpc) is 2.68. The molecule has 5 nitrogen and oxygen atoms in total. The van der Waals surface area contributed by atoms with Crippen molar-refractivity contribution in [3.8, 4) is 0 Å². The highest BCUT2D eigenvalue weighted by molar-refractivity contribution is 5.99. The molecule has 2 aliphatic heterocycles. The zero-order chi connectivity index (χ0) is 17.6. The van der Waals surface area contributed by atoms with Gasteiger partial charge in [-0.05, 0) is 44.2 Å².